The van der Waals surface area contributed by atoms with Crippen LogP contribution in [0.4, 0.5) is 0 Å². The second-order valence-corrected chi connectivity index (χ2v) is 8.35. The first-order valence-corrected chi connectivity index (χ1v) is 10.4. The predicted molar refractivity (Wildman–Crippen MR) is 93.1 cm³/mol. The highest BCUT2D eigenvalue weighted by molar-refractivity contribution is 7.49. The molecule has 2 bridgehead atoms. The molecule has 24 heavy (non-hydrogen) atoms. The van der Waals surface area contributed by atoms with Gasteiger partial charge in [-0.1, -0.05) is 46.2 Å². The van der Waals surface area contributed by atoms with E-state index in [1.165, 1.54) is 5.56 Å². The van der Waals surface area contributed by atoms with Crippen molar-refractivity contribution in [1.29, 1.82) is 0 Å². The molecule has 5 nitrogen and oxygen atoms in total. The van der Waals surface area contributed by atoms with Gasteiger partial charge in [-0.05, 0) is 42.6 Å². The van der Waals surface area contributed by atoms with Crippen LogP contribution in [0.2, 0.25) is 0 Å². The van der Waals surface area contributed by atoms with Gasteiger partial charge >= 0.3 is 7.82 Å². The summed E-state index contributed by atoms with van der Waals surface area (Å²) in [6, 6.07) is 0. The number of phosphoric ester groups is 1. The Kier molecular flexibility index (Phi) is 4.61. The summed E-state index contributed by atoms with van der Waals surface area (Å²) in [6.45, 7) is 13.1. The molecule has 1 aromatic carbocycles. The van der Waals surface area contributed by atoms with Gasteiger partial charge in [-0.25, -0.2) is 4.57 Å². The van der Waals surface area contributed by atoms with Crippen molar-refractivity contribution in [3.05, 3.63) is 16.7 Å². The Morgan fingerprint density at radius 2 is 1.21 bits per heavy atom. The first kappa shape index (κ1) is 17.6. The number of hydrogen-bond acceptors (Lipinski definition) is 5. The van der Waals surface area contributed by atoms with Gasteiger partial charge < -0.3 is 13.9 Å². The molecule has 0 saturated carbocycles. The molecule has 2 aliphatic heterocycles. The summed E-state index contributed by atoms with van der Waals surface area (Å²) in [5, 5.41) is 0. The molecular weight excluding hydrogens is 327 g/mol. The second kappa shape index (κ2) is 6.27. The third-order valence-electron chi connectivity index (χ3n) is 5.42. The Hall–Kier alpha value is -1.19. The molecule has 0 saturated heterocycles. The van der Waals surface area contributed by atoms with Gasteiger partial charge in [0, 0.05) is 11.1 Å². The molecule has 1 aromatic rings. The smallest absolute Gasteiger partial charge is 0.389 e. The SMILES string of the molecule is CCC(C)c1c2c3c(c(C(C)CC)c1C(C)CC)OP(=O)(OO2)O3. The Balaban J connectivity index is 2.37. The molecule has 3 rings (SSSR count). The van der Waals surface area contributed by atoms with E-state index in [4.69, 9.17) is 18.6 Å². The van der Waals surface area contributed by atoms with Crippen LogP contribution in [0.25, 0.3) is 0 Å². The molecule has 6 heteroatoms. The van der Waals surface area contributed by atoms with Gasteiger partial charge in [-0.15, -0.1) is 0 Å². The highest BCUT2D eigenvalue weighted by Gasteiger charge is 2.51. The number of rotatable bonds is 6. The lowest BCUT2D eigenvalue weighted by Gasteiger charge is -2.28. The van der Waals surface area contributed by atoms with Crippen LogP contribution in [-0.4, -0.2) is 0 Å². The van der Waals surface area contributed by atoms with Gasteiger partial charge in [0.15, 0.2) is 5.75 Å². The highest BCUT2D eigenvalue weighted by atomic mass is 31.2. The van der Waals surface area contributed by atoms with E-state index in [-0.39, 0.29) is 11.8 Å². The molecule has 2 heterocycles. The lowest BCUT2D eigenvalue weighted by molar-refractivity contribution is -0.126. The molecule has 0 N–H and O–H groups in total. The van der Waals surface area contributed by atoms with Gasteiger partial charge in [0.05, 0.1) is 0 Å². The maximum Gasteiger partial charge on any atom is 0.625 e. The van der Waals surface area contributed by atoms with Crippen molar-refractivity contribution in [3.8, 4) is 17.2 Å². The molecule has 4 unspecified atom stereocenters. The van der Waals surface area contributed by atoms with Crippen molar-refractivity contribution in [1.82, 2.24) is 0 Å². The number of hydrogen-bond donors (Lipinski definition) is 0. The average Bonchev–Trinajstić information content (AvgIpc) is 2.89. The van der Waals surface area contributed by atoms with Crippen LogP contribution in [0.15, 0.2) is 0 Å². The van der Waals surface area contributed by atoms with Crippen molar-refractivity contribution in [2.45, 2.75) is 78.6 Å². The minimum absolute atomic E-state index is 0.271. The van der Waals surface area contributed by atoms with E-state index in [0.29, 0.717) is 23.2 Å². The summed E-state index contributed by atoms with van der Waals surface area (Å²) in [5.74, 6) is 2.46. The third-order valence-corrected chi connectivity index (χ3v) is 6.49. The van der Waals surface area contributed by atoms with E-state index in [1.54, 1.807) is 0 Å². The maximum absolute atomic E-state index is 12.5. The van der Waals surface area contributed by atoms with Crippen LogP contribution in [0.1, 0.15) is 95.2 Å². The minimum atomic E-state index is -3.67. The first-order chi connectivity index (χ1) is 11.4. The van der Waals surface area contributed by atoms with Crippen molar-refractivity contribution < 1.29 is 23.2 Å². The molecule has 0 radical (unpaired) electrons. The van der Waals surface area contributed by atoms with Crippen molar-refractivity contribution in [2.24, 2.45) is 0 Å². The van der Waals surface area contributed by atoms with Crippen LogP contribution in [-0.2, 0) is 9.24 Å². The van der Waals surface area contributed by atoms with E-state index < -0.39 is 7.82 Å². The van der Waals surface area contributed by atoms with Crippen molar-refractivity contribution >= 4 is 7.82 Å². The van der Waals surface area contributed by atoms with Crippen LogP contribution < -0.4 is 13.9 Å². The molecule has 0 fully saturated rings. The van der Waals surface area contributed by atoms with Crippen LogP contribution >= 0.6 is 7.82 Å². The van der Waals surface area contributed by atoms with E-state index in [2.05, 4.69) is 41.5 Å². The summed E-state index contributed by atoms with van der Waals surface area (Å²) in [6.07, 6.45) is 2.94. The zero-order chi connectivity index (χ0) is 17.6. The average molecular weight is 354 g/mol. The molecule has 0 amide bonds. The predicted octanol–water partition coefficient (Wildman–Crippen LogP) is 6.43. The molecule has 0 aromatic heterocycles. The standard InChI is InChI=1S/C18H27O5P/c1-7-10(4)13-14(11(5)8-2)16-18-17(15(13)12(6)9-3)21-24(19,22-18)23-20-16/h10-12H,7-9H2,1-6H3. The van der Waals surface area contributed by atoms with E-state index in [0.717, 1.165) is 30.4 Å². The minimum Gasteiger partial charge on any atom is -0.389 e. The zero-order valence-corrected chi connectivity index (χ0v) is 16.2. The first-order valence-electron chi connectivity index (χ1n) is 8.95. The zero-order valence-electron chi connectivity index (χ0n) is 15.3. The summed E-state index contributed by atoms with van der Waals surface area (Å²) in [7, 11) is -3.67. The number of fused-ring (bicyclic) bond motifs is 1. The van der Waals surface area contributed by atoms with Crippen LogP contribution in [0.5, 0.6) is 17.2 Å². The molecular formula is C18H27O5P. The molecule has 2 aliphatic rings. The molecule has 0 spiro atoms. The Labute approximate surface area is 144 Å². The van der Waals surface area contributed by atoms with Crippen LogP contribution in [0.3, 0.4) is 0 Å². The van der Waals surface area contributed by atoms with Crippen molar-refractivity contribution in [2.75, 3.05) is 0 Å². The van der Waals surface area contributed by atoms with Crippen LogP contribution in [0, 0.1) is 0 Å². The van der Waals surface area contributed by atoms with Gasteiger partial charge in [-0.2, -0.15) is 0 Å². The lowest BCUT2D eigenvalue weighted by Crippen LogP contribution is -2.13. The molecule has 4 atom stereocenters. The fourth-order valence-corrected chi connectivity index (χ4v) is 4.53. The summed E-state index contributed by atoms with van der Waals surface area (Å²) in [5.41, 5.74) is 3.46. The summed E-state index contributed by atoms with van der Waals surface area (Å²) in [4.78, 5) is 5.44. The highest BCUT2D eigenvalue weighted by Crippen LogP contribution is 2.69. The lowest BCUT2D eigenvalue weighted by atomic mass is 9.78. The topological polar surface area (TPSA) is 54.0 Å². The normalized spacial score (nSPS) is 24.6. The molecule has 0 aliphatic carbocycles. The van der Waals surface area contributed by atoms with E-state index >= 15 is 0 Å². The monoisotopic (exact) mass is 354 g/mol. The van der Waals surface area contributed by atoms with Crippen molar-refractivity contribution in [3.63, 3.8) is 0 Å². The van der Waals surface area contributed by atoms with Gasteiger partial charge in [0.25, 0.3) is 0 Å². The Bertz CT molecular complexity index is 699. The fraction of sp³-hybridized carbons (Fsp3) is 0.667. The largest absolute Gasteiger partial charge is 0.625 e. The second-order valence-electron chi connectivity index (χ2n) is 6.94. The Morgan fingerprint density at radius 3 is 1.75 bits per heavy atom. The fourth-order valence-electron chi connectivity index (χ4n) is 3.47. The quantitative estimate of drug-likeness (QED) is 0.435. The van der Waals surface area contributed by atoms with Gasteiger partial charge in [0.2, 0.25) is 11.5 Å². The van der Waals surface area contributed by atoms with E-state index in [1.807, 2.05) is 0 Å². The number of phosphoric acid groups is 1. The van der Waals surface area contributed by atoms with Gasteiger partial charge in [0.1, 0.15) is 0 Å². The van der Waals surface area contributed by atoms with Gasteiger partial charge in [-0.3, -0.25) is 0 Å². The van der Waals surface area contributed by atoms with E-state index in [9.17, 15) is 4.57 Å². The summed E-state index contributed by atoms with van der Waals surface area (Å²) < 4.78 is 28.6. The third kappa shape index (κ3) is 2.53. The maximum atomic E-state index is 12.5. The molecule has 134 valence electrons. The summed E-state index contributed by atoms with van der Waals surface area (Å²) >= 11 is 0. The number of benzene rings is 1. The Morgan fingerprint density at radius 1 is 0.750 bits per heavy atom.